The molecule has 3 heterocycles. The molecule has 0 radical (unpaired) electrons. The van der Waals surface area contributed by atoms with Crippen LogP contribution in [0.25, 0.3) is 27.9 Å². The molecular weight excluding hydrogens is 446 g/mol. The van der Waals surface area contributed by atoms with E-state index >= 15 is 0 Å². The number of rotatable bonds is 3. The average Bonchev–Trinajstić information content (AvgIpc) is 3.20. The number of hydrogen-bond acceptors (Lipinski definition) is 5. The van der Waals surface area contributed by atoms with Gasteiger partial charge in [-0.1, -0.05) is 12.1 Å². The first-order valence-electron chi connectivity index (χ1n) is 10.1. The van der Waals surface area contributed by atoms with Gasteiger partial charge in [-0.2, -0.15) is 5.10 Å². The maximum absolute atomic E-state index is 11.3. The number of carboxylic acid groups (broad SMARTS) is 1. The fourth-order valence-electron chi connectivity index (χ4n) is 4.62. The van der Waals surface area contributed by atoms with Crippen LogP contribution in [0.15, 0.2) is 47.2 Å². The van der Waals surface area contributed by atoms with Gasteiger partial charge >= 0.3 is 5.97 Å². The van der Waals surface area contributed by atoms with Crippen molar-refractivity contribution < 1.29 is 9.90 Å². The summed E-state index contributed by atoms with van der Waals surface area (Å²) in [6.45, 7) is 0. The number of carboxylic acids is 1. The van der Waals surface area contributed by atoms with Crippen molar-refractivity contribution >= 4 is 44.4 Å². The fraction of sp³-hybridized carbons (Fsp3) is 0.318. The van der Waals surface area contributed by atoms with Crippen molar-refractivity contribution in [2.75, 3.05) is 5.32 Å². The number of hydrogen-bond donors (Lipinski definition) is 3. The van der Waals surface area contributed by atoms with Crippen LogP contribution in [0, 0.1) is 11.8 Å². The van der Waals surface area contributed by atoms with Crippen molar-refractivity contribution in [2.45, 2.75) is 31.7 Å². The van der Waals surface area contributed by atoms with Crippen LogP contribution < -0.4 is 11.1 Å². The minimum atomic E-state index is -0.690. The van der Waals surface area contributed by atoms with Crippen molar-refractivity contribution in [1.82, 2.24) is 14.8 Å². The number of nitrogens with one attached hydrogen (secondary N) is 1. The van der Waals surface area contributed by atoms with Gasteiger partial charge in [-0.3, -0.25) is 9.78 Å². The summed E-state index contributed by atoms with van der Waals surface area (Å²) in [6.07, 6.45) is 6.71. The van der Waals surface area contributed by atoms with Gasteiger partial charge in [0.1, 0.15) is 11.6 Å². The molecule has 1 aliphatic carbocycles. The van der Waals surface area contributed by atoms with Gasteiger partial charge in [-0.25, -0.2) is 4.68 Å². The molecule has 1 unspecified atom stereocenters. The molecule has 1 saturated carbocycles. The summed E-state index contributed by atoms with van der Waals surface area (Å²) in [5.74, 6) is 0.820. The zero-order valence-electron chi connectivity index (χ0n) is 16.3. The van der Waals surface area contributed by atoms with E-state index in [9.17, 15) is 9.90 Å². The van der Waals surface area contributed by atoms with Crippen LogP contribution in [0.1, 0.15) is 25.7 Å². The van der Waals surface area contributed by atoms with Crippen molar-refractivity contribution in [3.05, 3.63) is 47.2 Å². The van der Waals surface area contributed by atoms with E-state index in [1.165, 1.54) is 0 Å². The Morgan fingerprint density at radius 2 is 2.03 bits per heavy atom. The van der Waals surface area contributed by atoms with E-state index in [-0.39, 0.29) is 12.0 Å². The molecule has 1 atom stereocenters. The maximum atomic E-state index is 11.3. The normalized spacial score (nSPS) is 23.8. The van der Waals surface area contributed by atoms with E-state index in [0.717, 1.165) is 45.2 Å². The highest BCUT2D eigenvalue weighted by Gasteiger charge is 2.36. The summed E-state index contributed by atoms with van der Waals surface area (Å²) >= 11 is 3.67. The molecule has 0 saturated heterocycles. The molecule has 30 heavy (non-hydrogen) atoms. The predicted molar refractivity (Wildman–Crippen MR) is 120 cm³/mol. The fourth-order valence-corrected chi connectivity index (χ4v) is 5.28. The lowest BCUT2D eigenvalue weighted by Gasteiger charge is -2.36. The second-order valence-electron chi connectivity index (χ2n) is 8.03. The monoisotopic (exact) mass is 467 g/mol. The zero-order valence-corrected chi connectivity index (χ0v) is 17.8. The number of carbonyl (C=O) groups is 1. The molecule has 1 aliphatic heterocycles. The summed E-state index contributed by atoms with van der Waals surface area (Å²) in [4.78, 5) is 15.7. The summed E-state index contributed by atoms with van der Waals surface area (Å²) in [5, 5.41) is 18.5. The van der Waals surface area contributed by atoms with Crippen LogP contribution in [-0.4, -0.2) is 31.9 Å². The largest absolute Gasteiger partial charge is 0.481 e. The first-order chi connectivity index (χ1) is 14.5. The smallest absolute Gasteiger partial charge is 0.306 e. The Morgan fingerprint density at radius 3 is 2.80 bits per heavy atom. The molecule has 4 N–H and O–H groups in total. The average molecular weight is 468 g/mol. The third-order valence-corrected chi connectivity index (χ3v) is 7.21. The van der Waals surface area contributed by atoms with E-state index in [1.54, 1.807) is 10.9 Å². The van der Waals surface area contributed by atoms with Gasteiger partial charge < -0.3 is 16.2 Å². The number of benzene rings is 1. The van der Waals surface area contributed by atoms with Crippen LogP contribution in [0.4, 0.5) is 5.82 Å². The van der Waals surface area contributed by atoms with Crippen LogP contribution >= 0.6 is 15.9 Å². The highest BCUT2D eigenvalue weighted by Crippen LogP contribution is 2.42. The standard InChI is InChI=1S/C22H22BrN5O2/c23-18-19(12-3-5-13(6-4-12)22(29)30)27-21-16(11-26-28(21)20(18)24)14-7-8-17-15(10-14)2-1-9-25-17/h1-2,7-13,19,27H,3-6,24H2,(H,29,30). The number of halogens is 1. The number of anilines is 1. The summed E-state index contributed by atoms with van der Waals surface area (Å²) in [5.41, 5.74) is 9.41. The Balaban J connectivity index is 1.48. The van der Waals surface area contributed by atoms with Gasteiger partial charge in [0.2, 0.25) is 0 Å². The molecule has 2 aromatic heterocycles. The lowest BCUT2D eigenvalue weighted by molar-refractivity contribution is -0.143. The summed E-state index contributed by atoms with van der Waals surface area (Å²) < 4.78 is 2.61. The van der Waals surface area contributed by atoms with Crippen LogP contribution in [0.2, 0.25) is 0 Å². The van der Waals surface area contributed by atoms with E-state index in [2.05, 4.69) is 37.4 Å². The molecule has 7 nitrogen and oxygen atoms in total. The number of nitrogens with two attached hydrogens (primary N) is 1. The quantitative estimate of drug-likeness (QED) is 0.531. The summed E-state index contributed by atoms with van der Waals surface area (Å²) in [7, 11) is 0. The minimum absolute atomic E-state index is 0.00446. The molecule has 1 fully saturated rings. The second kappa shape index (κ2) is 7.43. The van der Waals surface area contributed by atoms with Gasteiger partial charge in [0.15, 0.2) is 0 Å². The molecular formula is C22H22BrN5O2. The highest BCUT2D eigenvalue weighted by atomic mass is 79.9. The maximum Gasteiger partial charge on any atom is 0.306 e. The third kappa shape index (κ3) is 3.15. The van der Waals surface area contributed by atoms with Crippen LogP contribution in [0.5, 0.6) is 0 Å². The highest BCUT2D eigenvalue weighted by molar-refractivity contribution is 9.11. The minimum Gasteiger partial charge on any atom is -0.481 e. The number of pyridine rings is 1. The van der Waals surface area contributed by atoms with E-state index < -0.39 is 5.97 Å². The number of fused-ring (bicyclic) bond motifs is 2. The molecule has 0 bridgehead atoms. The predicted octanol–water partition coefficient (Wildman–Crippen LogP) is 4.26. The number of aromatic nitrogens is 3. The lowest BCUT2D eigenvalue weighted by Crippen LogP contribution is -2.38. The van der Waals surface area contributed by atoms with Gasteiger partial charge in [0, 0.05) is 17.1 Å². The summed E-state index contributed by atoms with van der Waals surface area (Å²) in [6, 6.07) is 10.1. The van der Waals surface area contributed by atoms with Crippen LogP contribution in [0.3, 0.4) is 0 Å². The number of aliphatic carboxylic acids is 1. The molecule has 2 aliphatic rings. The lowest BCUT2D eigenvalue weighted by atomic mass is 9.78. The Hall–Kier alpha value is -2.87. The number of nitrogens with zero attached hydrogens (tertiary/aromatic N) is 3. The van der Waals surface area contributed by atoms with Crippen molar-refractivity contribution in [3.8, 4) is 11.1 Å². The third-order valence-electron chi connectivity index (χ3n) is 6.31. The first-order valence-corrected chi connectivity index (χ1v) is 10.9. The first kappa shape index (κ1) is 19.1. The van der Waals surface area contributed by atoms with Crippen molar-refractivity contribution in [2.24, 2.45) is 17.6 Å². The molecule has 5 rings (SSSR count). The Bertz CT molecular complexity index is 1160. The van der Waals surface area contributed by atoms with Crippen molar-refractivity contribution in [1.29, 1.82) is 0 Å². The molecule has 154 valence electrons. The Morgan fingerprint density at radius 1 is 1.23 bits per heavy atom. The van der Waals surface area contributed by atoms with Gasteiger partial charge in [-0.15, -0.1) is 0 Å². The zero-order chi connectivity index (χ0) is 20.8. The molecule has 0 amide bonds. The Kier molecular flexibility index (Phi) is 4.73. The van der Waals surface area contributed by atoms with Crippen LogP contribution in [-0.2, 0) is 4.79 Å². The topological polar surface area (TPSA) is 106 Å². The molecule has 8 heteroatoms. The van der Waals surface area contributed by atoms with Gasteiger partial charge in [0.25, 0.3) is 0 Å². The SMILES string of the molecule is NC1=C(Br)C(C2CCC(C(=O)O)CC2)Nc2c(-c3ccc4ncccc4c3)cnn21. The molecule has 1 aromatic carbocycles. The second-order valence-corrected chi connectivity index (χ2v) is 8.89. The molecule has 0 spiro atoms. The molecule has 3 aromatic rings. The Labute approximate surface area is 182 Å². The van der Waals surface area contributed by atoms with Gasteiger partial charge in [-0.05, 0) is 71.3 Å². The van der Waals surface area contributed by atoms with E-state index in [0.29, 0.717) is 24.6 Å². The van der Waals surface area contributed by atoms with E-state index in [1.807, 2.05) is 30.5 Å². The van der Waals surface area contributed by atoms with E-state index in [4.69, 9.17) is 5.73 Å². The van der Waals surface area contributed by atoms with Gasteiger partial charge in [0.05, 0.1) is 28.2 Å². The van der Waals surface area contributed by atoms with Crippen molar-refractivity contribution in [3.63, 3.8) is 0 Å².